The Morgan fingerprint density at radius 1 is 0.443 bits per heavy atom. The van der Waals surface area contributed by atoms with Crippen LogP contribution in [0.5, 0.6) is 0 Å². The summed E-state index contributed by atoms with van der Waals surface area (Å²) in [5.74, 6) is -1.20. The van der Waals surface area contributed by atoms with Crippen LogP contribution in [0.1, 0.15) is 316 Å². The second-order valence-corrected chi connectivity index (χ2v) is 25.0. The van der Waals surface area contributed by atoms with Gasteiger partial charge in [-0.15, -0.1) is 0 Å². The van der Waals surface area contributed by atoms with Gasteiger partial charge in [-0.2, -0.15) is 0 Å². The molecule has 0 saturated carbocycles. The number of carbonyl (C=O) groups is 2. The first-order valence-corrected chi connectivity index (χ1v) is 36.5. The summed E-state index contributed by atoms with van der Waals surface area (Å²) in [6.07, 6.45) is 75.8. The zero-order chi connectivity index (χ0) is 63.9. The highest BCUT2D eigenvalue weighted by Crippen LogP contribution is 2.26. The van der Waals surface area contributed by atoms with Gasteiger partial charge in [0.2, 0.25) is 5.91 Å². The third-order valence-electron chi connectivity index (χ3n) is 16.7. The molecule has 0 spiro atoms. The molecule has 11 nitrogen and oxygen atoms in total. The van der Waals surface area contributed by atoms with E-state index in [0.717, 1.165) is 109 Å². The van der Waals surface area contributed by atoms with Crippen LogP contribution in [0.25, 0.3) is 0 Å². The van der Waals surface area contributed by atoms with Crippen molar-refractivity contribution in [2.45, 2.75) is 365 Å². The second-order valence-electron chi connectivity index (χ2n) is 25.0. The van der Waals surface area contributed by atoms with Crippen LogP contribution in [0.2, 0.25) is 0 Å². The summed E-state index contributed by atoms with van der Waals surface area (Å²) < 4.78 is 17.7. The number of amides is 1. The standard InChI is InChI=1S/C77H135NO10/c1-4-7-10-13-16-19-22-25-27-29-31-33-35-36-37-39-41-43-45-47-50-53-56-59-62-65-72(82)88-75-74(84)73(83)71(66-79)87-77(75)86-67-68(69(80)63-60-57-54-51-48-24-21-18-15-12-9-6-3)78-76(85)70(81)64-61-58-55-52-49-46-44-42-40-38-34-32-30-28-26-23-20-17-14-11-8-5-2/h16-17,19-20,25-28,31-34,40,42,60,63,68-71,73-75,77,79-81,83-84H,4-15,18,21-24,29-30,35-39,41,43-59,61-62,64-67H2,1-3H3,(H,78,85)/b19-16-,20-17-,27-25-,28-26-,33-31-,34-32-,42-40-,63-60+. The number of nitrogens with one attached hydrogen (secondary N) is 1. The van der Waals surface area contributed by atoms with Gasteiger partial charge < -0.3 is 45.1 Å². The molecule has 0 radical (unpaired) electrons. The van der Waals surface area contributed by atoms with E-state index in [1.54, 1.807) is 6.08 Å². The average Bonchev–Trinajstić information content (AvgIpc) is 2.54. The highest BCUT2D eigenvalue weighted by Gasteiger charge is 2.47. The predicted molar refractivity (Wildman–Crippen MR) is 370 cm³/mol. The SMILES string of the molecule is CCCCC/C=C\C/C=C\C/C=C\C/C=C\CCCCCCCCC(O)C(=O)NC(COC1OC(CO)C(O)C(O)C1OC(=O)CCCCCCCCCCCCCC/C=C\C/C=C\C/C=C\CCCCC)C(O)/C=C/CCCCCCCCCCCC. The molecule has 11 heteroatoms. The summed E-state index contributed by atoms with van der Waals surface area (Å²) >= 11 is 0. The number of allylic oxidation sites excluding steroid dienone is 15. The van der Waals surface area contributed by atoms with Gasteiger partial charge in [0, 0.05) is 6.42 Å². The summed E-state index contributed by atoms with van der Waals surface area (Å²) in [5, 5.41) is 57.3. The molecule has 8 atom stereocenters. The van der Waals surface area contributed by atoms with Gasteiger partial charge in [-0.3, -0.25) is 9.59 Å². The van der Waals surface area contributed by atoms with Crippen molar-refractivity contribution in [1.82, 2.24) is 5.32 Å². The van der Waals surface area contributed by atoms with Crippen LogP contribution in [0.3, 0.4) is 0 Å². The van der Waals surface area contributed by atoms with Gasteiger partial charge in [-0.25, -0.2) is 0 Å². The molecular weight excluding hydrogens is 1100 g/mol. The number of ether oxygens (including phenoxy) is 3. The number of hydrogen-bond acceptors (Lipinski definition) is 10. The molecule has 1 saturated heterocycles. The highest BCUT2D eigenvalue weighted by atomic mass is 16.7. The lowest BCUT2D eigenvalue weighted by atomic mass is 9.99. The monoisotopic (exact) mass is 1230 g/mol. The van der Waals surface area contributed by atoms with E-state index in [9.17, 15) is 35.1 Å². The van der Waals surface area contributed by atoms with E-state index in [-0.39, 0.29) is 19.4 Å². The maximum absolute atomic E-state index is 13.5. The highest BCUT2D eigenvalue weighted by molar-refractivity contribution is 5.80. The van der Waals surface area contributed by atoms with E-state index in [1.165, 1.54) is 161 Å². The molecule has 8 unspecified atom stereocenters. The van der Waals surface area contributed by atoms with E-state index >= 15 is 0 Å². The van der Waals surface area contributed by atoms with Gasteiger partial charge in [0.25, 0.3) is 0 Å². The molecule has 1 fully saturated rings. The van der Waals surface area contributed by atoms with Gasteiger partial charge in [-0.05, 0) is 109 Å². The Morgan fingerprint density at radius 2 is 0.784 bits per heavy atom. The van der Waals surface area contributed by atoms with Crippen LogP contribution in [-0.4, -0.2) is 99.6 Å². The number of esters is 1. The third-order valence-corrected chi connectivity index (χ3v) is 16.7. The predicted octanol–water partition coefficient (Wildman–Crippen LogP) is 19.0. The summed E-state index contributed by atoms with van der Waals surface area (Å²) in [6.45, 7) is 5.75. The molecule has 1 amide bonds. The van der Waals surface area contributed by atoms with Crippen LogP contribution in [0.4, 0.5) is 0 Å². The lowest BCUT2D eigenvalue weighted by molar-refractivity contribution is -0.305. The van der Waals surface area contributed by atoms with Crippen molar-refractivity contribution in [3.05, 3.63) is 97.2 Å². The lowest BCUT2D eigenvalue weighted by Crippen LogP contribution is -2.61. The molecule has 1 rings (SSSR count). The summed E-state index contributed by atoms with van der Waals surface area (Å²) in [5.41, 5.74) is 0. The summed E-state index contributed by atoms with van der Waals surface area (Å²) in [4.78, 5) is 26.7. The molecule has 0 aliphatic carbocycles. The number of hydrogen-bond donors (Lipinski definition) is 6. The Kier molecular flexibility index (Phi) is 59.8. The van der Waals surface area contributed by atoms with Gasteiger partial charge in [0.1, 0.15) is 24.4 Å². The lowest BCUT2D eigenvalue weighted by Gasteiger charge is -2.41. The Labute approximate surface area is 539 Å². The van der Waals surface area contributed by atoms with Crippen LogP contribution in [-0.2, 0) is 23.8 Å². The first kappa shape index (κ1) is 82.6. The van der Waals surface area contributed by atoms with Gasteiger partial charge in [0.05, 0.1) is 25.4 Å². The third kappa shape index (κ3) is 50.3. The van der Waals surface area contributed by atoms with Gasteiger partial charge in [0.15, 0.2) is 12.4 Å². The Balaban J connectivity index is 2.57. The number of rotatable bonds is 62. The van der Waals surface area contributed by atoms with Gasteiger partial charge >= 0.3 is 5.97 Å². The largest absolute Gasteiger partial charge is 0.454 e. The fraction of sp³-hybridized carbons (Fsp3) is 0.766. The minimum absolute atomic E-state index is 0.116. The number of unbranched alkanes of at least 4 members (excludes halogenated alkanes) is 34. The van der Waals surface area contributed by atoms with Crippen molar-refractivity contribution in [2.75, 3.05) is 13.2 Å². The Bertz CT molecular complexity index is 1800. The van der Waals surface area contributed by atoms with Crippen LogP contribution in [0, 0.1) is 0 Å². The quantitative estimate of drug-likeness (QED) is 0.0195. The molecule has 0 aromatic heterocycles. The van der Waals surface area contributed by atoms with Gasteiger partial charge in [-0.1, -0.05) is 298 Å². The van der Waals surface area contributed by atoms with Crippen molar-refractivity contribution < 1.29 is 49.3 Å². The van der Waals surface area contributed by atoms with Crippen molar-refractivity contribution in [2.24, 2.45) is 0 Å². The molecule has 1 heterocycles. The first-order valence-electron chi connectivity index (χ1n) is 36.5. The molecule has 1 aliphatic rings. The molecule has 508 valence electrons. The fourth-order valence-electron chi connectivity index (χ4n) is 10.9. The topological polar surface area (TPSA) is 175 Å². The van der Waals surface area contributed by atoms with Crippen LogP contribution in [0.15, 0.2) is 97.2 Å². The molecule has 6 N–H and O–H groups in total. The minimum atomic E-state index is -1.62. The molecular formula is C77H135NO10. The molecule has 0 aromatic carbocycles. The van der Waals surface area contributed by atoms with E-state index in [1.807, 2.05) is 6.08 Å². The fourth-order valence-corrected chi connectivity index (χ4v) is 10.9. The maximum atomic E-state index is 13.5. The Morgan fingerprint density at radius 3 is 1.19 bits per heavy atom. The zero-order valence-electron chi connectivity index (χ0n) is 56.6. The van der Waals surface area contributed by atoms with E-state index < -0.39 is 67.4 Å². The minimum Gasteiger partial charge on any atom is -0.454 e. The summed E-state index contributed by atoms with van der Waals surface area (Å²) in [6, 6.07) is -1.04. The number of aliphatic hydroxyl groups excluding tert-OH is 5. The van der Waals surface area contributed by atoms with Crippen molar-refractivity contribution in [1.29, 1.82) is 0 Å². The average molecular weight is 1230 g/mol. The smallest absolute Gasteiger partial charge is 0.306 e. The molecule has 88 heavy (non-hydrogen) atoms. The van der Waals surface area contributed by atoms with E-state index in [2.05, 4.69) is 111 Å². The first-order chi connectivity index (χ1) is 43.2. The van der Waals surface area contributed by atoms with Crippen LogP contribution < -0.4 is 5.32 Å². The number of carbonyl (C=O) groups excluding carboxylic acids is 2. The van der Waals surface area contributed by atoms with Crippen LogP contribution >= 0.6 is 0 Å². The molecule has 0 aromatic rings. The van der Waals surface area contributed by atoms with Crippen molar-refractivity contribution in [3.63, 3.8) is 0 Å². The van der Waals surface area contributed by atoms with Crippen molar-refractivity contribution >= 4 is 11.9 Å². The van der Waals surface area contributed by atoms with E-state index in [4.69, 9.17) is 14.2 Å². The van der Waals surface area contributed by atoms with Crippen molar-refractivity contribution in [3.8, 4) is 0 Å². The summed E-state index contributed by atoms with van der Waals surface area (Å²) in [7, 11) is 0. The normalized spacial score (nSPS) is 18.8. The number of aliphatic hydroxyl groups is 5. The zero-order valence-corrected chi connectivity index (χ0v) is 56.6. The maximum Gasteiger partial charge on any atom is 0.306 e. The molecule has 1 aliphatic heterocycles. The molecule has 0 bridgehead atoms. The second kappa shape index (κ2) is 63.7. The van der Waals surface area contributed by atoms with E-state index in [0.29, 0.717) is 12.8 Å². The Hall–Kier alpha value is -3.42.